The molecule has 2 N–H and O–H groups in total. The molecule has 1 amide bonds. The quantitative estimate of drug-likeness (QED) is 0.515. The number of carbonyl (C=O) groups is 1. The summed E-state index contributed by atoms with van der Waals surface area (Å²) in [5.74, 6) is 1.42. The molecular formula is C22H36N6O. The van der Waals surface area contributed by atoms with Crippen molar-refractivity contribution in [3.63, 3.8) is 0 Å². The van der Waals surface area contributed by atoms with Crippen LogP contribution in [0.3, 0.4) is 0 Å². The zero-order valence-electron chi connectivity index (χ0n) is 18.1. The Morgan fingerprint density at radius 1 is 1.10 bits per heavy atom. The molecule has 3 rings (SSSR count). The van der Waals surface area contributed by atoms with Gasteiger partial charge in [-0.05, 0) is 26.1 Å². The number of piperazine rings is 1. The normalized spacial score (nSPS) is 24.2. The molecule has 2 aliphatic rings. The highest BCUT2D eigenvalue weighted by atomic mass is 16.2. The van der Waals surface area contributed by atoms with Crippen molar-refractivity contribution in [3.05, 3.63) is 35.9 Å². The van der Waals surface area contributed by atoms with E-state index in [1.807, 2.05) is 11.0 Å². The fourth-order valence-corrected chi connectivity index (χ4v) is 4.11. The monoisotopic (exact) mass is 400 g/mol. The summed E-state index contributed by atoms with van der Waals surface area (Å²) in [5, 5.41) is 6.87. The number of guanidine groups is 1. The molecule has 1 aromatic rings. The number of hydrogen-bond donors (Lipinski definition) is 2. The summed E-state index contributed by atoms with van der Waals surface area (Å²) in [5.41, 5.74) is 1.28. The van der Waals surface area contributed by atoms with E-state index in [1.165, 1.54) is 5.56 Å². The molecule has 7 nitrogen and oxygen atoms in total. The second-order valence-electron chi connectivity index (χ2n) is 8.38. The first-order valence-corrected chi connectivity index (χ1v) is 10.7. The minimum absolute atomic E-state index is 0.266. The number of amides is 1. The molecule has 160 valence electrons. The van der Waals surface area contributed by atoms with Gasteiger partial charge in [-0.2, -0.15) is 0 Å². The van der Waals surface area contributed by atoms with Gasteiger partial charge >= 0.3 is 0 Å². The molecule has 2 saturated heterocycles. The van der Waals surface area contributed by atoms with Crippen molar-refractivity contribution < 1.29 is 4.79 Å². The van der Waals surface area contributed by atoms with Gasteiger partial charge in [0.25, 0.3) is 0 Å². The second-order valence-corrected chi connectivity index (χ2v) is 8.38. The van der Waals surface area contributed by atoms with E-state index < -0.39 is 0 Å². The minimum atomic E-state index is 0.266. The third-order valence-corrected chi connectivity index (χ3v) is 6.07. The molecule has 2 unspecified atom stereocenters. The summed E-state index contributed by atoms with van der Waals surface area (Å²) in [4.78, 5) is 23.5. The lowest BCUT2D eigenvalue weighted by Crippen LogP contribution is -2.55. The Bertz CT molecular complexity index is 679. The topological polar surface area (TPSA) is 63.2 Å². The Hall–Kier alpha value is -2.12. The van der Waals surface area contributed by atoms with E-state index in [0.29, 0.717) is 18.4 Å². The van der Waals surface area contributed by atoms with Crippen LogP contribution < -0.4 is 10.6 Å². The Morgan fingerprint density at radius 2 is 1.86 bits per heavy atom. The SMILES string of the molecule is CN=C(NCC1CC(=O)N(CCc2ccccc2)C1)NCC1CN(C)CCN1C. The van der Waals surface area contributed by atoms with Gasteiger partial charge in [0, 0.05) is 71.2 Å². The summed E-state index contributed by atoms with van der Waals surface area (Å²) in [6.07, 6.45) is 1.54. The summed E-state index contributed by atoms with van der Waals surface area (Å²) in [6, 6.07) is 10.9. The van der Waals surface area contributed by atoms with Crippen molar-refractivity contribution in [1.82, 2.24) is 25.3 Å². The Kier molecular flexibility index (Phi) is 7.89. The predicted octanol–water partition coefficient (Wildman–Crippen LogP) is 0.488. The molecule has 2 atom stereocenters. The lowest BCUT2D eigenvalue weighted by Gasteiger charge is -2.38. The van der Waals surface area contributed by atoms with Crippen molar-refractivity contribution in [2.45, 2.75) is 18.9 Å². The smallest absolute Gasteiger partial charge is 0.223 e. The molecule has 2 heterocycles. The highest BCUT2D eigenvalue weighted by Gasteiger charge is 2.29. The molecule has 0 radical (unpaired) electrons. The van der Waals surface area contributed by atoms with Crippen molar-refractivity contribution in [2.24, 2.45) is 10.9 Å². The van der Waals surface area contributed by atoms with Crippen LogP contribution in [0.1, 0.15) is 12.0 Å². The van der Waals surface area contributed by atoms with Crippen LogP contribution in [-0.4, -0.2) is 99.6 Å². The summed E-state index contributed by atoms with van der Waals surface area (Å²) in [6.45, 7) is 6.54. The van der Waals surface area contributed by atoms with Crippen LogP contribution in [-0.2, 0) is 11.2 Å². The second kappa shape index (κ2) is 10.6. The number of likely N-dealkylation sites (N-methyl/N-ethyl adjacent to an activating group) is 2. The van der Waals surface area contributed by atoms with Gasteiger partial charge in [0.15, 0.2) is 5.96 Å². The van der Waals surface area contributed by atoms with E-state index in [4.69, 9.17) is 0 Å². The molecular weight excluding hydrogens is 364 g/mol. The van der Waals surface area contributed by atoms with E-state index in [2.05, 4.69) is 63.8 Å². The first-order chi connectivity index (χ1) is 14.0. The highest BCUT2D eigenvalue weighted by Crippen LogP contribution is 2.17. The van der Waals surface area contributed by atoms with E-state index >= 15 is 0 Å². The van der Waals surface area contributed by atoms with Gasteiger partial charge in [0.1, 0.15) is 0 Å². The number of likely N-dealkylation sites (tertiary alicyclic amines) is 1. The van der Waals surface area contributed by atoms with E-state index in [0.717, 1.165) is 58.2 Å². The van der Waals surface area contributed by atoms with E-state index in [1.54, 1.807) is 7.05 Å². The van der Waals surface area contributed by atoms with Crippen molar-refractivity contribution in [1.29, 1.82) is 0 Å². The van der Waals surface area contributed by atoms with Crippen LogP contribution >= 0.6 is 0 Å². The number of nitrogens with one attached hydrogen (secondary N) is 2. The van der Waals surface area contributed by atoms with E-state index in [-0.39, 0.29) is 5.91 Å². The zero-order valence-corrected chi connectivity index (χ0v) is 18.1. The molecule has 29 heavy (non-hydrogen) atoms. The molecule has 0 aliphatic carbocycles. The number of aliphatic imine (C=N–C) groups is 1. The maximum absolute atomic E-state index is 12.4. The van der Waals surface area contributed by atoms with E-state index in [9.17, 15) is 4.79 Å². The number of benzene rings is 1. The van der Waals surface area contributed by atoms with Crippen LogP contribution in [0.4, 0.5) is 0 Å². The van der Waals surface area contributed by atoms with Crippen LogP contribution in [0.2, 0.25) is 0 Å². The molecule has 2 fully saturated rings. The largest absolute Gasteiger partial charge is 0.356 e. The molecule has 0 saturated carbocycles. The van der Waals surface area contributed by atoms with Crippen molar-refractivity contribution in [3.8, 4) is 0 Å². The molecule has 1 aromatic carbocycles. The lowest BCUT2D eigenvalue weighted by atomic mass is 10.1. The van der Waals surface area contributed by atoms with Gasteiger partial charge in [0.2, 0.25) is 5.91 Å². The average molecular weight is 401 g/mol. The number of hydrogen-bond acceptors (Lipinski definition) is 4. The van der Waals surface area contributed by atoms with Crippen LogP contribution in [0, 0.1) is 5.92 Å². The lowest BCUT2D eigenvalue weighted by molar-refractivity contribution is -0.127. The van der Waals surface area contributed by atoms with Crippen LogP contribution in [0.5, 0.6) is 0 Å². The van der Waals surface area contributed by atoms with Crippen LogP contribution in [0.25, 0.3) is 0 Å². The third kappa shape index (κ3) is 6.44. The number of carbonyl (C=O) groups excluding carboxylic acids is 1. The highest BCUT2D eigenvalue weighted by molar-refractivity contribution is 5.80. The van der Waals surface area contributed by atoms with Crippen molar-refractivity contribution in [2.75, 3.05) is 67.0 Å². The number of nitrogens with zero attached hydrogens (tertiary/aromatic N) is 4. The first-order valence-electron chi connectivity index (χ1n) is 10.7. The maximum atomic E-state index is 12.4. The first kappa shape index (κ1) is 21.6. The van der Waals surface area contributed by atoms with Gasteiger partial charge in [-0.1, -0.05) is 30.3 Å². The maximum Gasteiger partial charge on any atom is 0.223 e. The standard InChI is InChI=1S/C22H36N6O/c1-23-22(25-15-20-17-26(2)11-12-27(20)3)24-14-19-13-21(29)28(16-19)10-9-18-7-5-4-6-8-18/h4-8,19-20H,9-17H2,1-3H3,(H2,23,24,25). The van der Waals surface area contributed by atoms with Gasteiger partial charge in [-0.3, -0.25) is 14.7 Å². The summed E-state index contributed by atoms with van der Waals surface area (Å²) >= 11 is 0. The molecule has 0 spiro atoms. The predicted molar refractivity (Wildman–Crippen MR) is 118 cm³/mol. The van der Waals surface area contributed by atoms with Crippen LogP contribution in [0.15, 0.2) is 35.3 Å². The molecule has 2 aliphatic heterocycles. The zero-order chi connectivity index (χ0) is 20.6. The van der Waals surface area contributed by atoms with Gasteiger partial charge in [-0.15, -0.1) is 0 Å². The number of rotatable bonds is 7. The Morgan fingerprint density at radius 3 is 2.62 bits per heavy atom. The summed E-state index contributed by atoms with van der Waals surface area (Å²) < 4.78 is 0. The Balaban J connectivity index is 1.39. The molecule has 0 bridgehead atoms. The van der Waals surface area contributed by atoms with Crippen molar-refractivity contribution >= 4 is 11.9 Å². The summed E-state index contributed by atoms with van der Waals surface area (Å²) in [7, 11) is 6.16. The van der Waals surface area contributed by atoms with Gasteiger partial charge in [-0.25, -0.2) is 0 Å². The molecule has 0 aromatic heterocycles. The fraction of sp³-hybridized carbons (Fsp3) is 0.636. The third-order valence-electron chi connectivity index (χ3n) is 6.07. The average Bonchev–Trinajstić information content (AvgIpc) is 3.09. The minimum Gasteiger partial charge on any atom is -0.356 e. The van der Waals surface area contributed by atoms with Gasteiger partial charge in [0.05, 0.1) is 0 Å². The molecule has 7 heteroatoms. The fourth-order valence-electron chi connectivity index (χ4n) is 4.11. The van der Waals surface area contributed by atoms with Gasteiger partial charge < -0.3 is 20.4 Å². The Labute approximate surface area is 175 Å².